The molecule has 2 saturated heterocycles. The Balaban J connectivity index is 1.19. The summed E-state index contributed by atoms with van der Waals surface area (Å²) in [6, 6.07) is 13.5. The second-order valence-corrected chi connectivity index (χ2v) is 8.71. The molecule has 5 rings (SSSR count). The molecule has 0 N–H and O–H groups in total. The minimum absolute atomic E-state index is 0.244. The Morgan fingerprint density at radius 2 is 1.93 bits per heavy atom. The Kier molecular flexibility index (Phi) is 4.50. The first-order valence-corrected chi connectivity index (χ1v) is 10.4. The van der Waals surface area contributed by atoms with Crippen molar-refractivity contribution in [3.05, 3.63) is 58.3 Å². The molecular weight excluding hydrogens is 404 g/mol. The predicted molar refractivity (Wildman–Crippen MR) is 109 cm³/mol. The highest BCUT2D eigenvalue weighted by Crippen LogP contribution is 2.33. The van der Waals surface area contributed by atoms with Crippen LogP contribution in [-0.4, -0.2) is 59.0 Å². The number of piperazine rings is 1. The number of nitrogens with zero attached hydrogens (tertiary/aromatic N) is 4. The Morgan fingerprint density at radius 1 is 1.11 bits per heavy atom. The minimum atomic E-state index is 0.244. The number of fused-ring (bicyclic) bond motifs is 3. The lowest BCUT2D eigenvalue weighted by Crippen LogP contribution is -2.49. The number of benzene rings is 1. The number of rotatable bonds is 4. The lowest BCUT2D eigenvalue weighted by atomic mass is 10.2. The number of carbonyl (C=O) groups excluding carboxylic acids is 1. The van der Waals surface area contributed by atoms with Gasteiger partial charge in [-0.1, -0.05) is 18.2 Å². The SMILES string of the molecule is O=C(CN1CC2CC1CN2Cc1ccc(Br)cn1)N1CCc2ccccc21. The highest BCUT2D eigenvalue weighted by Gasteiger charge is 2.44. The molecule has 0 spiro atoms. The van der Waals surface area contributed by atoms with Gasteiger partial charge in [0.25, 0.3) is 0 Å². The molecule has 4 heterocycles. The van der Waals surface area contributed by atoms with Crippen molar-refractivity contribution in [2.45, 2.75) is 31.5 Å². The van der Waals surface area contributed by atoms with Crippen LogP contribution in [0, 0.1) is 0 Å². The Hall–Kier alpha value is -1.76. The van der Waals surface area contributed by atoms with Gasteiger partial charge < -0.3 is 4.90 Å². The molecule has 1 aromatic carbocycles. The van der Waals surface area contributed by atoms with Crippen molar-refractivity contribution in [2.75, 3.05) is 31.1 Å². The summed E-state index contributed by atoms with van der Waals surface area (Å²) in [5.41, 5.74) is 3.51. The van der Waals surface area contributed by atoms with Crippen LogP contribution in [0.4, 0.5) is 5.69 Å². The second kappa shape index (κ2) is 7.00. The number of aromatic nitrogens is 1. The Bertz CT molecular complexity index is 856. The van der Waals surface area contributed by atoms with Gasteiger partial charge in [0.1, 0.15) is 0 Å². The molecule has 6 heteroatoms. The predicted octanol–water partition coefficient (Wildman–Crippen LogP) is 2.69. The summed E-state index contributed by atoms with van der Waals surface area (Å²) >= 11 is 3.44. The zero-order valence-electron chi connectivity index (χ0n) is 15.2. The minimum Gasteiger partial charge on any atom is -0.311 e. The van der Waals surface area contributed by atoms with Crippen molar-refractivity contribution < 1.29 is 4.79 Å². The molecule has 1 aromatic heterocycles. The third-order valence-corrected chi connectivity index (χ3v) is 6.62. The summed E-state index contributed by atoms with van der Waals surface area (Å²) in [5, 5.41) is 0. The first-order chi connectivity index (χ1) is 13.2. The number of anilines is 1. The first-order valence-electron chi connectivity index (χ1n) is 9.64. The fourth-order valence-electron chi connectivity index (χ4n) is 4.78. The maximum absolute atomic E-state index is 12.9. The van der Waals surface area contributed by atoms with E-state index in [1.165, 1.54) is 12.0 Å². The van der Waals surface area contributed by atoms with Gasteiger partial charge in [-0.15, -0.1) is 0 Å². The van der Waals surface area contributed by atoms with Crippen LogP contribution in [0.2, 0.25) is 0 Å². The molecule has 2 unspecified atom stereocenters. The van der Waals surface area contributed by atoms with Crippen LogP contribution >= 0.6 is 15.9 Å². The normalized spacial score (nSPS) is 24.6. The van der Waals surface area contributed by atoms with Crippen LogP contribution in [-0.2, 0) is 17.8 Å². The van der Waals surface area contributed by atoms with Crippen LogP contribution in [0.3, 0.4) is 0 Å². The molecule has 2 fully saturated rings. The van der Waals surface area contributed by atoms with Gasteiger partial charge in [0.05, 0.1) is 12.2 Å². The summed E-state index contributed by atoms with van der Waals surface area (Å²) in [6.07, 6.45) is 4.00. The number of halogens is 1. The Morgan fingerprint density at radius 3 is 2.70 bits per heavy atom. The molecule has 1 amide bonds. The summed E-state index contributed by atoms with van der Waals surface area (Å²) in [7, 11) is 0. The van der Waals surface area contributed by atoms with Crippen molar-refractivity contribution in [3.63, 3.8) is 0 Å². The quantitative estimate of drug-likeness (QED) is 0.753. The van der Waals surface area contributed by atoms with E-state index < -0.39 is 0 Å². The number of para-hydroxylation sites is 1. The third kappa shape index (κ3) is 3.30. The summed E-state index contributed by atoms with van der Waals surface area (Å²) in [6.45, 7) is 4.28. The smallest absolute Gasteiger partial charge is 0.241 e. The van der Waals surface area contributed by atoms with E-state index in [9.17, 15) is 4.79 Å². The van der Waals surface area contributed by atoms with Gasteiger partial charge in [-0.25, -0.2) is 0 Å². The van der Waals surface area contributed by atoms with Gasteiger partial charge in [-0.2, -0.15) is 0 Å². The maximum atomic E-state index is 12.9. The maximum Gasteiger partial charge on any atom is 0.241 e. The van der Waals surface area contributed by atoms with E-state index in [0.717, 1.165) is 48.5 Å². The molecule has 3 aliphatic rings. The fraction of sp³-hybridized carbons (Fsp3) is 0.429. The van der Waals surface area contributed by atoms with Crippen LogP contribution in [0.1, 0.15) is 17.7 Å². The van der Waals surface area contributed by atoms with E-state index in [2.05, 4.69) is 61.0 Å². The molecule has 2 aromatic rings. The van der Waals surface area contributed by atoms with E-state index >= 15 is 0 Å². The molecule has 0 aliphatic carbocycles. The van der Waals surface area contributed by atoms with E-state index in [1.807, 2.05) is 17.2 Å². The third-order valence-electron chi connectivity index (χ3n) is 6.15. The topological polar surface area (TPSA) is 39.7 Å². The zero-order valence-corrected chi connectivity index (χ0v) is 16.8. The van der Waals surface area contributed by atoms with Crippen LogP contribution in [0.5, 0.6) is 0 Å². The molecule has 3 aliphatic heterocycles. The van der Waals surface area contributed by atoms with Crippen molar-refractivity contribution in [1.29, 1.82) is 0 Å². The number of hydrogen-bond donors (Lipinski definition) is 0. The molecule has 5 nitrogen and oxygen atoms in total. The van der Waals surface area contributed by atoms with Crippen molar-refractivity contribution in [1.82, 2.24) is 14.8 Å². The average molecular weight is 427 g/mol. The van der Waals surface area contributed by atoms with Crippen LogP contribution in [0.15, 0.2) is 47.1 Å². The highest BCUT2D eigenvalue weighted by molar-refractivity contribution is 9.10. The molecular formula is C21H23BrN4O. The lowest BCUT2D eigenvalue weighted by Gasteiger charge is -2.34. The van der Waals surface area contributed by atoms with Crippen molar-refractivity contribution in [3.8, 4) is 0 Å². The van der Waals surface area contributed by atoms with E-state index in [1.54, 1.807) is 0 Å². The molecule has 0 radical (unpaired) electrons. The Labute approximate surface area is 168 Å². The summed E-state index contributed by atoms with van der Waals surface area (Å²) in [4.78, 5) is 24.3. The molecule has 0 saturated carbocycles. The van der Waals surface area contributed by atoms with E-state index in [-0.39, 0.29) is 5.91 Å². The van der Waals surface area contributed by atoms with E-state index in [0.29, 0.717) is 18.6 Å². The lowest BCUT2D eigenvalue weighted by molar-refractivity contribution is -0.120. The molecule has 2 atom stereocenters. The van der Waals surface area contributed by atoms with Gasteiger partial charge in [-0.05, 0) is 52.5 Å². The molecule has 140 valence electrons. The number of hydrogen-bond acceptors (Lipinski definition) is 4. The van der Waals surface area contributed by atoms with Crippen molar-refractivity contribution in [2.24, 2.45) is 0 Å². The van der Waals surface area contributed by atoms with Gasteiger partial charge in [0.2, 0.25) is 5.91 Å². The number of amides is 1. The van der Waals surface area contributed by atoms with Gasteiger partial charge in [-0.3, -0.25) is 19.6 Å². The monoisotopic (exact) mass is 426 g/mol. The number of carbonyl (C=O) groups is 1. The standard InChI is InChI=1S/C21H23BrN4O/c22-16-5-6-17(23-10-16)11-24-12-19-9-18(24)13-25(19)14-21(27)26-8-7-15-3-1-2-4-20(15)26/h1-6,10,18-19H,7-9,11-14H2. The van der Waals surface area contributed by atoms with Crippen LogP contribution in [0.25, 0.3) is 0 Å². The van der Waals surface area contributed by atoms with Crippen molar-refractivity contribution >= 4 is 27.5 Å². The van der Waals surface area contributed by atoms with Gasteiger partial charge in [0, 0.05) is 54.6 Å². The number of pyridine rings is 1. The number of likely N-dealkylation sites (tertiary alicyclic amines) is 2. The van der Waals surface area contributed by atoms with Gasteiger partial charge in [0.15, 0.2) is 0 Å². The fourth-order valence-corrected chi connectivity index (χ4v) is 5.02. The summed E-state index contributed by atoms with van der Waals surface area (Å²) < 4.78 is 1.02. The first kappa shape index (κ1) is 17.3. The second-order valence-electron chi connectivity index (χ2n) is 7.79. The molecule has 2 bridgehead atoms. The zero-order chi connectivity index (χ0) is 18.4. The van der Waals surface area contributed by atoms with Gasteiger partial charge >= 0.3 is 0 Å². The summed E-state index contributed by atoms with van der Waals surface area (Å²) in [5.74, 6) is 0.244. The highest BCUT2D eigenvalue weighted by atomic mass is 79.9. The van der Waals surface area contributed by atoms with E-state index in [4.69, 9.17) is 0 Å². The van der Waals surface area contributed by atoms with Crippen LogP contribution < -0.4 is 4.90 Å². The largest absolute Gasteiger partial charge is 0.311 e. The average Bonchev–Trinajstić information content (AvgIpc) is 3.37. The molecule has 27 heavy (non-hydrogen) atoms.